The average molecular weight is 648 g/mol. The van der Waals surface area contributed by atoms with Crippen molar-refractivity contribution in [3.8, 4) is 0 Å². The van der Waals surface area contributed by atoms with Crippen molar-refractivity contribution in [3.63, 3.8) is 0 Å². The fraction of sp³-hybridized carbons (Fsp3) is 0.971. The van der Waals surface area contributed by atoms with Gasteiger partial charge in [-0.25, -0.2) is 0 Å². The van der Waals surface area contributed by atoms with Crippen LogP contribution in [-0.4, -0.2) is 98.7 Å². The summed E-state index contributed by atoms with van der Waals surface area (Å²) in [5.74, 6) is -0.268. The Morgan fingerprint density at radius 3 is 1.62 bits per heavy atom. The molecular weight excluding hydrogens is 578 g/mol. The predicted molar refractivity (Wildman–Crippen MR) is 177 cm³/mol. The highest BCUT2D eigenvalue weighted by Crippen LogP contribution is 2.23. The van der Waals surface area contributed by atoms with Crippen molar-refractivity contribution < 1.29 is 44.9 Å². The summed E-state index contributed by atoms with van der Waals surface area (Å²) in [7, 11) is 0. The van der Waals surface area contributed by atoms with E-state index in [1.807, 2.05) is 6.92 Å². The van der Waals surface area contributed by atoms with E-state index >= 15 is 0 Å². The number of unbranched alkanes of at least 4 members (excludes halogenated alkanes) is 18. The molecule has 1 saturated heterocycles. The lowest BCUT2D eigenvalue weighted by molar-refractivity contribution is -0.303. The van der Waals surface area contributed by atoms with Gasteiger partial charge in [0.2, 0.25) is 5.91 Å². The van der Waals surface area contributed by atoms with E-state index in [0.29, 0.717) is 12.8 Å². The van der Waals surface area contributed by atoms with Gasteiger partial charge in [-0.05, 0) is 12.8 Å². The molecule has 1 rings (SSSR count). The van der Waals surface area contributed by atoms with Gasteiger partial charge in [0, 0.05) is 6.42 Å². The van der Waals surface area contributed by atoms with Gasteiger partial charge in [-0.3, -0.25) is 4.79 Å². The summed E-state index contributed by atoms with van der Waals surface area (Å²) in [6.45, 7) is 3.33. The Morgan fingerprint density at radius 2 is 1.16 bits per heavy atom. The Labute approximate surface area is 273 Å². The van der Waals surface area contributed by atoms with Crippen LogP contribution in [0.15, 0.2) is 0 Å². The van der Waals surface area contributed by atoms with Crippen molar-refractivity contribution in [1.29, 1.82) is 0 Å². The van der Waals surface area contributed by atoms with Crippen LogP contribution in [-0.2, 0) is 14.3 Å². The first-order valence-corrected chi connectivity index (χ1v) is 18.3. The molecule has 1 aliphatic heterocycles. The van der Waals surface area contributed by atoms with Crippen LogP contribution in [0.25, 0.3) is 0 Å². The lowest BCUT2D eigenvalue weighted by Gasteiger charge is -2.40. The maximum Gasteiger partial charge on any atom is 0.220 e. The fourth-order valence-electron chi connectivity index (χ4n) is 5.95. The van der Waals surface area contributed by atoms with E-state index in [9.17, 15) is 35.4 Å². The first kappa shape index (κ1) is 42.2. The van der Waals surface area contributed by atoms with E-state index in [4.69, 9.17) is 9.47 Å². The minimum absolute atomic E-state index is 0.268. The van der Waals surface area contributed by atoms with Crippen LogP contribution in [0, 0.1) is 0 Å². The average Bonchev–Trinajstić information content (AvgIpc) is 3.04. The molecule has 0 spiro atoms. The minimum atomic E-state index is -1.60. The van der Waals surface area contributed by atoms with Crippen LogP contribution >= 0.6 is 0 Å². The molecule has 7 N–H and O–H groups in total. The van der Waals surface area contributed by atoms with Gasteiger partial charge in [-0.2, -0.15) is 0 Å². The fourth-order valence-corrected chi connectivity index (χ4v) is 5.95. The molecule has 0 aromatic rings. The number of hydrogen-bond acceptors (Lipinski definition) is 9. The summed E-state index contributed by atoms with van der Waals surface area (Å²) < 4.78 is 11.0. The Morgan fingerprint density at radius 1 is 0.689 bits per heavy atom. The molecule has 45 heavy (non-hydrogen) atoms. The highest BCUT2D eigenvalue weighted by molar-refractivity contribution is 5.76. The second-order valence-electron chi connectivity index (χ2n) is 13.2. The van der Waals surface area contributed by atoms with Gasteiger partial charge in [-0.15, -0.1) is 0 Å². The molecule has 0 unspecified atom stereocenters. The predicted octanol–water partition coefficient (Wildman–Crippen LogP) is 4.63. The highest BCUT2D eigenvalue weighted by Gasteiger charge is 2.44. The Kier molecular flexibility index (Phi) is 25.4. The zero-order chi connectivity index (χ0) is 33.3. The lowest BCUT2D eigenvalue weighted by Crippen LogP contribution is -2.60. The molecule has 1 amide bonds. The number of aliphatic hydroxyl groups is 6. The minimum Gasteiger partial charge on any atom is -0.394 e. The van der Waals surface area contributed by atoms with E-state index in [-0.39, 0.29) is 18.9 Å². The summed E-state index contributed by atoms with van der Waals surface area (Å²) in [5, 5.41) is 63.7. The largest absolute Gasteiger partial charge is 0.394 e. The molecular formula is C35H69NO9. The quantitative estimate of drug-likeness (QED) is 0.0572. The van der Waals surface area contributed by atoms with Gasteiger partial charge >= 0.3 is 0 Å². The summed E-state index contributed by atoms with van der Waals surface area (Å²) in [6.07, 6.45) is 15.4. The zero-order valence-electron chi connectivity index (χ0n) is 28.5. The molecule has 10 nitrogen and oxygen atoms in total. The van der Waals surface area contributed by atoms with Gasteiger partial charge in [-0.1, -0.05) is 136 Å². The Balaban J connectivity index is 2.26. The molecule has 0 radical (unpaired) electrons. The van der Waals surface area contributed by atoms with E-state index in [1.54, 1.807) is 0 Å². The molecule has 1 heterocycles. The molecule has 0 saturated carbocycles. The molecule has 1 aliphatic rings. The molecule has 0 aliphatic carbocycles. The Hall–Kier alpha value is -0.850. The number of hydrogen-bond donors (Lipinski definition) is 7. The molecule has 8 atom stereocenters. The number of carbonyl (C=O) groups is 1. The van der Waals surface area contributed by atoms with Crippen molar-refractivity contribution in [2.45, 2.75) is 204 Å². The normalized spacial score (nSPS) is 24.0. The van der Waals surface area contributed by atoms with Crippen LogP contribution in [0.4, 0.5) is 0 Å². The maximum absolute atomic E-state index is 12.7. The van der Waals surface area contributed by atoms with Crippen LogP contribution < -0.4 is 5.32 Å². The van der Waals surface area contributed by atoms with E-state index in [2.05, 4.69) is 12.2 Å². The zero-order valence-corrected chi connectivity index (χ0v) is 28.5. The van der Waals surface area contributed by atoms with E-state index < -0.39 is 55.6 Å². The van der Waals surface area contributed by atoms with Crippen molar-refractivity contribution in [3.05, 3.63) is 0 Å². The van der Waals surface area contributed by atoms with Crippen molar-refractivity contribution >= 4 is 5.91 Å². The first-order valence-electron chi connectivity index (χ1n) is 18.3. The van der Waals surface area contributed by atoms with Crippen LogP contribution in [0.3, 0.4) is 0 Å². The highest BCUT2D eigenvalue weighted by atomic mass is 16.7. The SMILES string of the molecule is CCCCCCCCCCCCCCCCCCCCC(=O)N[C@@H](CO[C@H]1O[C@H](CO)[C@H](O)[C@H](O)[C@H]1O)[C@H](O)[C@H](O)CCCC. The topological polar surface area (TPSA) is 169 Å². The van der Waals surface area contributed by atoms with Gasteiger partial charge in [0.15, 0.2) is 6.29 Å². The summed E-state index contributed by atoms with van der Waals surface area (Å²) in [5.41, 5.74) is 0. The van der Waals surface area contributed by atoms with Gasteiger partial charge in [0.1, 0.15) is 30.5 Å². The molecule has 268 valence electrons. The van der Waals surface area contributed by atoms with Gasteiger partial charge < -0.3 is 45.4 Å². The van der Waals surface area contributed by atoms with Gasteiger partial charge in [0.05, 0.1) is 25.4 Å². The number of carbonyl (C=O) groups excluding carboxylic acids is 1. The van der Waals surface area contributed by atoms with E-state index in [1.165, 1.54) is 89.9 Å². The standard InChI is InChI=1S/C35H69NO9/c1-3-5-7-8-9-10-11-12-13-14-15-16-17-18-19-20-21-22-24-30(39)36-27(31(40)28(38)23-6-4-2)26-44-35-34(43)33(42)32(41)29(25-37)45-35/h27-29,31-35,37-38,40-43H,3-26H2,1-2H3,(H,36,39)/t27-,28+,29+,31-,32-,33-,34+,35-/m0/s1. The molecule has 1 fully saturated rings. The van der Waals surface area contributed by atoms with Crippen molar-refractivity contribution in [2.24, 2.45) is 0 Å². The second kappa shape index (κ2) is 27.1. The molecule has 0 aromatic carbocycles. The third-order valence-corrected chi connectivity index (χ3v) is 9.05. The lowest BCUT2D eigenvalue weighted by atomic mass is 9.99. The number of aliphatic hydroxyl groups excluding tert-OH is 6. The van der Waals surface area contributed by atoms with Crippen LogP contribution in [0.1, 0.15) is 155 Å². The molecule has 0 bridgehead atoms. The summed E-state index contributed by atoms with van der Waals surface area (Å²) >= 11 is 0. The van der Waals surface area contributed by atoms with Crippen molar-refractivity contribution in [2.75, 3.05) is 13.2 Å². The third kappa shape index (κ3) is 18.9. The first-order chi connectivity index (χ1) is 21.8. The monoisotopic (exact) mass is 647 g/mol. The Bertz CT molecular complexity index is 698. The molecule has 10 heteroatoms. The maximum atomic E-state index is 12.7. The molecule has 0 aromatic heterocycles. The van der Waals surface area contributed by atoms with Gasteiger partial charge in [0.25, 0.3) is 0 Å². The van der Waals surface area contributed by atoms with Crippen molar-refractivity contribution in [1.82, 2.24) is 5.32 Å². The van der Waals surface area contributed by atoms with E-state index in [0.717, 1.165) is 32.1 Å². The number of nitrogens with one attached hydrogen (secondary N) is 1. The summed E-state index contributed by atoms with van der Waals surface area (Å²) in [4.78, 5) is 12.7. The number of ether oxygens (including phenoxy) is 2. The number of rotatable bonds is 29. The smallest absolute Gasteiger partial charge is 0.220 e. The summed E-state index contributed by atoms with van der Waals surface area (Å²) in [6, 6.07) is -0.979. The third-order valence-electron chi connectivity index (χ3n) is 9.05. The number of amides is 1. The second-order valence-corrected chi connectivity index (χ2v) is 13.2. The van der Waals surface area contributed by atoms with Crippen LogP contribution in [0.5, 0.6) is 0 Å². The van der Waals surface area contributed by atoms with Crippen LogP contribution in [0.2, 0.25) is 0 Å².